The smallest absolute Gasteiger partial charge is 0.226 e. The molecular weight excluding hydrogens is 312 g/mol. The van der Waals surface area contributed by atoms with Crippen LogP contribution in [0.5, 0.6) is 0 Å². The van der Waals surface area contributed by atoms with Gasteiger partial charge in [-0.25, -0.2) is 0 Å². The van der Waals surface area contributed by atoms with Crippen molar-refractivity contribution in [2.45, 2.75) is 12.5 Å². The lowest BCUT2D eigenvalue weighted by Gasteiger charge is -2.19. The van der Waals surface area contributed by atoms with E-state index in [1.165, 1.54) is 0 Å². The number of carbonyl (C=O) groups is 1. The zero-order chi connectivity index (χ0) is 16.1. The number of aromatic amines is 1. The van der Waals surface area contributed by atoms with Crippen molar-refractivity contribution >= 4 is 17.5 Å². The van der Waals surface area contributed by atoms with Gasteiger partial charge in [-0.2, -0.15) is 5.10 Å². The summed E-state index contributed by atoms with van der Waals surface area (Å²) in [7, 11) is 0. The minimum absolute atomic E-state index is 0.120. The molecule has 0 aliphatic carbocycles. The molecule has 0 aliphatic heterocycles. The highest BCUT2D eigenvalue weighted by Crippen LogP contribution is 2.23. The van der Waals surface area contributed by atoms with Crippen LogP contribution in [-0.2, 0) is 11.2 Å². The highest BCUT2D eigenvalue weighted by Gasteiger charge is 2.18. The maximum Gasteiger partial charge on any atom is 0.226 e. The molecule has 3 aromatic rings. The lowest BCUT2D eigenvalue weighted by atomic mass is 10.0. The number of rotatable bonds is 5. The average molecular weight is 327 g/mol. The van der Waals surface area contributed by atoms with E-state index in [0.717, 1.165) is 17.0 Å². The number of halogens is 1. The molecule has 0 spiro atoms. The van der Waals surface area contributed by atoms with Crippen LogP contribution in [0.25, 0.3) is 0 Å². The van der Waals surface area contributed by atoms with Gasteiger partial charge in [-0.15, -0.1) is 0 Å². The van der Waals surface area contributed by atoms with Crippen LogP contribution >= 0.6 is 11.6 Å². The number of hydrogen-bond donors (Lipinski definition) is 2. The molecule has 0 saturated carbocycles. The number of hydrogen-bond acceptors (Lipinski definition) is 3. The van der Waals surface area contributed by atoms with Gasteiger partial charge in [0.15, 0.2) is 0 Å². The van der Waals surface area contributed by atoms with Crippen molar-refractivity contribution in [3.05, 3.63) is 82.9 Å². The fourth-order valence-electron chi connectivity index (χ4n) is 2.33. The number of benzene rings is 1. The van der Waals surface area contributed by atoms with E-state index in [0.29, 0.717) is 5.02 Å². The molecule has 0 fully saturated rings. The molecule has 2 N–H and O–H groups in total. The number of nitrogens with zero attached hydrogens (tertiary/aromatic N) is 2. The Balaban J connectivity index is 1.85. The fourth-order valence-corrected chi connectivity index (χ4v) is 2.53. The topological polar surface area (TPSA) is 70.7 Å². The second-order valence-corrected chi connectivity index (χ2v) is 5.51. The summed E-state index contributed by atoms with van der Waals surface area (Å²) in [6, 6.07) is 14.4. The Morgan fingerprint density at radius 1 is 1.17 bits per heavy atom. The molecule has 5 nitrogen and oxygen atoms in total. The van der Waals surface area contributed by atoms with Crippen molar-refractivity contribution in [1.82, 2.24) is 20.5 Å². The Bertz CT molecular complexity index is 774. The van der Waals surface area contributed by atoms with Crippen molar-refractivity contribution in [1.29, 1.82) is 0 Å². The number of pyridine rings is 1. The first kappa shape index (κ1) is 15.2. The minimum Gasteiger partial charge on any atom is -0.343 e. The third-order valence-corrected chi connectivity index (χ3v) is 3.62. The maximum atomic E-state index is 12.3. The van der Waals surface area contributed by atoms with Crippen LogP contribution in [0, 0.1) is 0 Å². The number of aromatic nitrogens is 3. The van der Waals surface area contributed by atoms with Gasteiger partial charge in [-0.1, -0.05) is 29.8 Å². The van der Waals surface area contributed by atoms with E-state index in [4.69, 9.17) is 11.6 Å². The molecule has 0 radical (unpaired) electrons. The predicted octanol–water partition coefficient (Wildman–Crippen LogP) is 2.91. The molecule has 6 heteroatoms. The van der Waals surface area contributed by atoms with Crippen molar-refractivity contribution in [2.75, 3.05) is 0 Å². The summed E-state index contributed by atoms with van der Waals surface area (Å²) in [4.78, 5) is 16.7. The Morgan fingerprint density at radius 2 is 2.09 bits per heavy atom. The summed E-state index contributed by atoms with van der Waals surface area (Å²) in [6.07, 6.45) is 3.55. The van der Waals surface area contributed by atoms with E-state index >= 15 is 0 Å². The van der Waals surface area contributed by atoms with Crippen LogP contribution in [0.3, 0.4) is 0 Å². The van der Waals surface area contributed by atoms with Gasteiger partial charge in [0.2, 0.25) is 5.91 Å². The number of carbonyl (C=O) groups excluding carboxylic acids is 1. The second kappa shape index (κ2) is 7.07. The highest BCUT2D eigenvalue weighted by atomic mass is 35.5. The van der Waals surface area contributed by atoms with E-state index < -0.39 is 0 Å². The average Bonchev–Trinajstić information content (AvgIpc) is 3.06. The van der Waals surface area contributed by atoms with Gasteiger partial charge in [0.05, 0.1) is 18.2 Å². The first-order valence-electron chi connectivity index (χ1n) is 7.16. The standard InChI is InChI=1S/C17H15ClN4O/c18-13-5-3-4-12(10-13)17(15-6-1-2-8-19-15)21-16(23)11-14-7-9-20-22-14/h1-10,17H,11H2,(H,20,22)(H,21,23)/t17-/m0/s1. The summed E-state index contributed by atoms with van der Waals surface area (Å²) >= 11 is 6.08. The minimum atomic E-state index is -0.356. The van der Waals surface area contributed by atoms with Crippen LogP contribution < -0.4 is 5.32 Å². The van der Waals surface area contributed by atoms with E-state index in [1.807, 2.05) is 36.4 Å². The largest absolute Gasteiger partial charge is 0.343 e. The van der Waals surface area contributed by atoms with Crippen molar-refractivity contribution < 1.29 is 4.79 Å². The van der Waals surface area contributed by atoms with Crippen molar-refractivity contribution in [3.8, 4) is 0 Å². The predicted molar refractivity (Wildman–Crippen MR) is 88.0 cm³/mol. The van der Waals surface area contributed by atoms with Crippen molar-refractivity contribution in [2.24, 2.45) is 0 Å². The highest BCUT2D eigenvalue weighted by molar-refractivity contribution is 6.30. The van der Waals surface area contributed by atoms with Gasteiger partial charge >= 0.3 is 0 Å². The van der Waals surface area contributed by atoms with Gasteiger partial charge in [-0.3, -0.25) is 14.9 Å². The Labute approximate surface area is 138 Å². The quantitative estimate of drug-likeness (QED) is 0.757. The Hall–Kier alpha value is -2.66. The van der Waals surface area contributed by atoms with Crippen molar-refractivity contribution in [3.63, 3.8) is 0 Å². The molecule has 3 rings (SSSR count). The zero-order valence-corrected chi connectivity index (χ0v) is 13.0. The maximum absolute atomic E-state index is 12.3. The van der Waals surface area contributed by atoms with E-state index in [1.54, 1.807) is 24.5 Å². The molecular formula is C17H15ClN4O. The van der Waals surface area contributed by atoms with Gasteiger partial charge in [0.1, 0.15) is 0 Å². The normalized spacial score (nSPS) is 11.9. The van der Waals surface area contributed by atoms with Gasteiger partial charge in [0.25, 0.3) is 0 Å². The molecule has 23 heavy (non-hydrogen) atoms. The summed E-state index contributed by atoms with van der Waals surface area (Å²) in [5, 5.41) is 10.3. The third-order valence-electron chi connectivity index (χ3n) is 3.38. The number of H-pyrrole nitrogens is 1. The lowest BCUT2D eigenvalue weighted by molar-refractivity contribution is -0.121. The first-order valence-corrected chi connectivity index (χ1v) is 7.54. The molecule has 1 atom stereocenters. The van der Waals surface area contributed by atoms with E-state index in [9.17, 15) is 4.79 Å². The SMILES string of the molecule is O=C(Cc1ccn[nH]1)N[C@@H](c1cccc(Cl)c1)c1ccccn1. The van der Waals surface area contributed by atoms with Crippen LogP contribution in [-0.4, -0.2) is 21.1 Å². The number of amides is 1. The molecule has 0 bridgehead atoms. The molecule has 1 amide bonds. The molecule has 1 aromatic carbocycles. The molecule has 0 saturated heterocycles. The number of nitrogens with one attached hydrogen (secondary N) is 2. The van der Waals surface area contributed by atoms with Crippen LogP contribution in [0.2, 0.25) is 5.02 Å². The zero-order valence-electron chi connectivity index (χ0n) is 12.2. The van der Waals surface area contributed by atoms with Crippen LogP contribution in [0.4, 0.5) is 0 Å². The fraction of sp³-hybridized carbons (Fsp3) is 0.118. The Kier molecular flexibility index (Phi) is 4.68. The van der Waals surface area contributed by atoms with Gasteiger partial charge < -0.3 is 5.32 Å². The molecule has 0 aliphatic rings. The first-order chi connectivity index (χ1) is 11.2. The van der Waals surface area contributed by atoms with Gasteiger partial charge in [0, 0.05) is 23.1 Å². The molecule has 116 valence electrons. The summed E-state index contributed by atoms with van der Waals surface area (Å²) in [5.41, 5.74) is 2.40. The molecule has 2 heterocycles. The summed E-state index contributed by atoms with van der Waals surface area (Å²) < 4.78 is 0. The lowest BCUT2D eigenvalue weighted by Crippen LogP contribution is -2.31. The Morgan fingerprint density at radius 3 is 2.78 bits per heavy atom. The summed E-state index contributed by atoms with van der Waals surface area (Å²) in [5.74, 6) is -0.120. The third kappa shape index (κ3) is 3.96. The van der Waals surface area contributed by atoms with E-state index in [-0.39, 0.29) is 18.4 Å². The summed E-state index contributed by atoms with van der Waals surface area (Å²) in [6.45, 7) is 0. The molecule has 0 unspecified atom stereocenters. The second-order valence-electron chi connectivity index (χ2n) is 5.07. The van der Waals surface area contributed by atoms with Crippen LogP contribution in [0.1, 0.15) is 23.0 Å². The monoisotopic (exact) mass is 326 g/mol. The van der Waals surface area contributed by atoms with Gasteiger partial charge in [-0.05, 0) is 35.9 Å². The molecule has 2 aromatic heterocycles. The van der Waals surface area contributed by atoms with Crippen LogP contribution in [0.15, 0.2) is 60.9 Å². The van der Waals surface area contributed by atoms with E-state index in [2.05, 4.69) is 20.5 Å².